The molecule has 8 heteroatoms. The van der Waals surface area contributed by atoms with Gasteiger partial charge in [0.2, 0.25) is 5.91 Å². The molecule has 0 bridgehead atoms. The molecule has 1 heterocycles. The van der Waals surface area contributed by atoms with Gasteiger partial charge in [0.1, 0.15) is 11.6 Å². The van der Waals surface area contributed by atoms with E-state index in [1.165, 1.54) is 0 Å². The first-order valence-corrected chi connectivity index (χ1v) is 12.3. The number of benzene rings is 1. The molecule has 2 aliphatic rings. The van der Waals surface area contributed by atoms with Crippen LogP contribution in [0.25, 0.3) is 0 Å². The minimum Gasteiger partial charge on any atom is -0.444 e. The lowest BCUT2D eigenvalue weighted by molar-refractivity contribution is -0.124. The summed E-state index contributed by atoms with van der Waals surface area (Å²) in [5.41, 5.74) is -1.36. The van der Waals surface area contributed by atoms with E-state index in [9.17, 15) is 9.59 Å². The van der Waals surface area contributed by atoms with Crippen molar-refractivity contribution in [3.63, 3.8) is 0 Å². The van der Waals surface area contributed by atoms with Gasteiger partial charge in [0.15, 0.2) is 0 Å². The molecule has 2 fully saturated rings. The Labute approximate surface area is 204 Å². The first kappa shape index (κ1) is 26.5. The summed E-state index contributed by atoms with van der Waals surface area (Å²) in [4.78, 5) is 26.2. The number of nitrogens with one attached hydrogen (secondary N) is 2. The molecule has 7 nitrogen and oxygen atoms in total. The molecule has 1 aliphatic heterocycles. The molecular formula is C26H41BN2O5. The van der Waals surface area contributed by atoms with Crippen LogP contribution in [0.1, 0.15) is 74.3 Å². The topological polar surface area (TPSA) is 85.9 Å². The molecule has 2 N–H and O–H groups in total. The highest BCUT2D eigenvalue weighted by atomic mass is 16.7. The van der Waals surface area contributed by atoms with Crippen molar-refractivity contribution in [3.8, 4) is 0 Å². The molecule has 3 rings (SSSR count). The maximum atomic E-state index is 13.7. The smallest absolute Gasteiger partial charge is 0.444 e. The Morgan fingerprint density at radius 2 is 1.65 bits per heavy atom. The van der Waals surface area contributed by atoms with Crippen molar-refractivity contribution in [3.05, 3.63) is 35.9 Å². The summed E-state index contributed by atoms with van der Waals surface area (Å²) in [5.74, 6) is 0.281. The zero-order chi connectivity index (χ0) is 25.5. The summed E-state index contributed by atoms with van der Waals surface area (Å²) in [6.07, 6.45) is 0.486. The predicted molar refractivity (Wildman–Crippen MR) is 133 cm³/mol. The Morgan fingerprint density at radius 3 is 2.12 bits per heavy atom. The lowest BCUT2D eigenvalue weighted by atomic mass is 9.71. The number of ether oxygens (including phenoxy) is 1. The van der Waals surface area contributed by atoms with Crippen LogP contribution in [-0.4, -0.2) is 47.4 Å². The van der Waals surface area contributed by atoms with Crippen molar-refractivity contribution in [1.29, 1.82) is 0 Å². The minimum absolute atomic E-state index is 0.213. The van der Waals surface area contributed by atoms with Crippen LogP contribution in [0.3, 0.4) is 0 Å². The van der Waals surface area contributed by atoms with Gasteiger partial charge in [-0.05, 0) is 72.3 Å². The maximum Gasteiger partial charge on any atom is 0.485 e. The lowest BCUT2D eigenvalue weighted by Gasteiger charge is -2.32. The Hall–Kier alpha value is -2.06. The molecule has 0 aromatic heterocycles. The largest absolute Gasteiger partial charge is 0.485 e. The van der Waals surface area contributed by atoms with E-state index in [4.69, 9.17) is 14.0 Å². The lowest BCUT2D eigenvalue weighted by Crippen LogP contribution is -2.58. The van der Waals surface area contributed by atoms with Crippen molar-refractivity contribution < 1.29 is 23.6 Å². The molecule has 1 unspecified atom stereocenters. The van der Waals surface area contributed by atoms with Gasteiger partial charge in [-0.3, -0.25) is 4.79 Å². The second-order valence-electron chi connectivity index (χ2n) is 12.1. The van der Waals surface area contributed by atoms with Crippen LogP contribution in [0.2, 0.25) is 0 Å². The van der Waals surface area contributed by atoms with Crippen LogP contribution in [0.4, 0.5) is 4.79 Å². The number of amides is 2. The summed E-state index contributed by atoms with van der Waals surface area (Å²) in [5, 5.41) is 6.03. The monoisotopic (exact) mass is 472 g/mol. The fourth-order valence-electron chi connectivity index (χ4n) is 4.49. The molecule has 1 aromatic rings. The second-order valence-corrected chi connectivity index (χ2v) is 12.1. The van der Waals surface area contributed by atoms with E-state index in [0.29, 0.717) is 12.3 Å². The van der Waals surface area contributed by atoms with E-state index in [-0.39, 0.29) is 11.8 Å². The molecule has 0 spiro atoms. The van der Waals surface area contributed by atoms with Gasteiger partial charge in [-0.2, -0.15) is 0 Å². The molecule has 0 radical (unpaired) electrons. The number of hydrogen-bond acceptors (Lipinski definition) is 5. The van der Waals surface area contributed by atoms with E-state index in [0.717, 1.165) is 12.0 Å². The summed E-state index contributed by atoms with van der Waals surface area (Å²) >= 11 is 0. The Bertz CT molecular complexity index is 880. The van der Waals surface area contributed by atoms with Gasteiger partial charge >= 0.3 is 13.2 Å². The number of carbonyl (C=O) groups excluding carboxylic acids is 2. The standard InChI is InChI=1S/C26H41BN2O5/c1-17(2)19-16-26(19,27-33-24(6,7)25(8,9)34-27)29-21(30)20(15-18-13-11-10-12-14-18)28-22(31)32-23(3,4)5/h10-14,17,19-20H,15-16H2,1-9H3,(H,28,31)(H,29,30)/t19-,20-,26?/m0/s1. The van der Waals surface area contributed by atoms with Crippen LogP contribution in [0.15, 0.2) is 30.3 Å². The SMILES string of the molecule is CC(C)[C@@H]1CC1(NC(=O)[C@H](Cc1ccccc1)NC(=O)OC(C)(C)C)B1OC(C)(C)C(C)(C)O1. The van der Waals surface area contributed by atoms with Crippen LogP contribution in [0, 0.1) is 11.8 Å². The Morgan fingerprint density at radius 1 is 1.09 bits per heavy atom. The average Bonchev–Trinajstić information content (AvgIpc) is 3.36. The fraction of sp³-hybridized carbons (Fsp3) is 0.692. The molecule has 2 amide bonds. The molecule has 34 heavy (non-hydrogen) atoms. The zero-order valence-corrected chi connectivity index (χ0v) is 22.2. The molecule has 188 valence electrons. The normalized spacial score (nSPS) is 26.2. The first-order chi connectivity index (χ1) is 15.6. The van der Waals surface area contributed by atoms with Crippen molar-refractivity contribution >= 4 is 19.1 Å². The third kappa shape index (κ3) is 5.77. The van der Waals surface area contributed by atoms with Crippen LogP contribution < -0.4 is 10.6 Å². The fourth-order valence-corrected chi connectivity index (χ4v) is 4.49. The Balaban J connectivity index is 1.83. The summed E-state index contributed by atoms with van der Waals surface area (Å²) in [7, 11) is -0.562. The number of alkyl carbamates (subject to hydrolysis) is 1. The van der Waals surface area contributed by atoms with Crippen molar-refractivity contribution in [1.82, 2.24) is 10.6 Å². The van der Waals surface area contributed by atoms with Gasteiger partial charge in [-0.25, -0.2) is 4.79 Å². The minimum atomic E-state index is -0.801. The number of rotatable bonds is 7. The van der Waals surface area contributed by atoms with Crippen LogP contribution >= 0.6 is 0 Å². The van der Waals surface area contributed by atoms with Crippen LogP contribution in [-0.2, 0) is 25.3 Å². The summed E-state index contributed by atoms with van der Waals surface area (Å²) in [6, 6.07) is 8.83. The second kappa shape index (κ2) is 9.19. The van der Waals surface area contributed by atoms with Crippen LogP contribution in [0.5, 0.6) is 0 Å². The number of carbonyl (C=O) groups is 2. The molecule has 3 atom stereocenters. The Kier molecular flexibility index (Phi) is 7.18. The highest BCUT2D eigenvalue weighted by molar-refractivity contribution is 6.51. The zero-order valence-electron chi connectivity index (χ0n) is 22.2. The van der Waals surface area contributed by atoms with E-state index in [1.54, 1.807) is 20.8 Å². The van der Waals surface area contributed by atoms with Gasteiger partial charge in [-0.15, -0.1) is 0 Å². The van der Waals surface area contributed by atoms with Crippen molar-refractivity contribution in [2.24, 2.45) is 11.8 Å². The van der Waals surface area contributed by atoms with Gasteiger partial charge in [0.25, 0.3) is 0 Å². The molecule has 1 saturated heterocycles. The number of hydrogen-bond donors (Lipinski definition) is 2. The van der Waals surface area contributed by atoms with Crippen molar-refractivity contribution in [2.75, 3.05) is 0 Å². The third-order valence-electron chi connectivity index (χ3n) is 7.18. The molecule has 1 aliphatic carbocycles. The summed E-state index contributed by atoms with van der Waals surface area (Å²) < 4.78 is 18.2. The third-order valence-corrected chi connectivity index (χ3v) is 7.18. The highest BCUT2D eigenvalue weighted by Gasteiger charge is 2.71. The van der Waals surface area contributed by atoms with E-state index in [2.05, 4.69) is 24.5 Å². The van der Waals surface area contributed by atoms with Crippen molar-refractivity contribution in [2.45, 2.75) is 103 Å². The maximum absolute atomic E-state index is 13.7. The molecule has 1 saturated carbocycles. The van der Waals surface area contributed by atoms with E-state index in [1.807, 2.05) is 58.0 Å². The highest BCUT2D eigenvalue weighted by Crippen LogP contribution is 2.54. The predicted octanol–water partition coefficient (Wildman–Crippen LogP) is 4.28. The van der Waals surface area contributed by atoms with E-state index >= 15 is 0 Å². The quantitative estimate of drug-likeness (QED) is 0.579. The summed E-state index contributed by atoms with van der Waals surface area (Å²) in [6.45, 7) is 17.7. The molecule has 1 aromatic carbocycles. The van der Waals surface area contributed by atoms with E-state index < -0.39 is 41.5 Å². The molecular weight excluding hydrogens is 431 g/mol. The van der Waals surface area contributed by atoms with Gasteiger partial charge in [-0.1, -0.05) is 44.2 Å². The van der Waals surface area contributed by atoms with Gasteiger partial charge < -0.3 is 24.7 Å². The average molecular weight is 472 g/mol. The van der Waals surface area contributed by atoms with Gasteiger partial charge in [0, 0.05) is 6.42 Å². The first-order valence-electron chi connectivity index (χ1n) is 12.3. The van der Waals surface area contributed by atoms with Gasteiger partial charge in [0.05, 0.1) is 16.6 Å².